The number of hydrogen-bond donors (Lipinski definition) is 1. The van der Waals surface area contributed by atoms with Gasteiger partial charge in [-0.1, -0.05) is 24.3 Å². The first-order valence-corrected chi connectivity index (χ1v) is 10.6. The van der Waals surface area contributed by atoms with Gasteiger partial charge in [0, 0.05) is 38.1 Å². The van der Waals surface area contributed by atoms with Crippen LogP contribution in [0.1, 0.15) is 16.1 Å². The third kappa shape index (κ3) is 4.12. The predicted molar refractivity (Wildman–Crippen MR) is 117 cm³/mol. The topological polar surface area (TPSA) is 114 Å². The maximum Gasteiger partial charge on any atom is 0.357 e. The normalized spacial score (nSPS) is 15.7. The van der Waals surface area contributed by atoms with E-state index in [0.717, 1.165) is 28.3 Å². The number of aromatic nitrogens is 2. The fourth-order valence-electron chi connectivity index (χ4n) is 4.18. The number of aromatic carboxylic acids is 1. The van der Waals surface area contributed by atoms with Crippen molar-refractivity contribution in [2.24, 2.45) is 0 Å². The largest absolute Gasteiger partial charge is 0.476 e. The van der Waals surface area contributed by atoms with Crippen LogP contribution in [0.2, 0.25) is 0 Å². The summed E-state index contributed by atoms with van der Waals surface area (Å²) < 4.78 is 11.7. The number of carbonyl (C=O) groups is 2. The minimum absolute atomic E-state index is 0.228. The Kier molecular flexibility index (Phi) is 5.43. The lowest BCUT2D eigenvalue weighted by atomic mass is 10.1. The van der Waals surface area contributed by atoms with Crippen molar-refractivity contribution in [3.8, 4) is 11.5 Å². The highest BCUT2D eigenvalue weighted by Crippen LogP contribution is 2.32. The summed E-state index contributed by atoms with van der Waals surface area (Å²) in [7, 11) is 0. The standard InChI is InChI=1S/C23H22N4O6/c28-20(13-27-22(29)17-4-2-1-3-16(17)21(24-27)23(30)31)26-9-7-25(8-10-26)12-15-5-6-18-19(11-15)33-14-32-18/h1-6,11H,7-10,12-14H2,(H,30,31). The number of ether oxygens (including phenoxy) is 2. The average Bonchev–Trinajstić information content (AvgIpc) is 3.29. The summed E-state index contributed by atoms with van der Waals surface area (Å²) in [6.07, 6.45) is 0. The number of carboxylic acid groups (broad SMARTS) is 1. The molecule has 10 nitrogen and oxygen atoms in total. The molecule has 5 rings (SSSR count). The van der Waals surface area contributed by atoms with Crippen LogP contribution < -0.4 is 15.0 Å². The molecule has 0 spiro atoms. The highest BCUT2D eigenvalue weighted by molar-refractivity contribution is 6.01. The highest BCUT2D eigenvalue weighted by atomic mass is 16.7. The molecule has 2 aromatic carbocycles. The lowest BCUT2D eigenvalue weighted by molar-refractivity contribution is -0.133. The van der Waals surface area contributed by atoms with Crippen LogP contribution >= 0.6 is 0 Å². The van der Waals surface area contributed by atoms with Crippen molar-refractivity contribution in [1.29, 1.82) is 0 Å². The molecular weight excluding hydrogens is 428 g/mol. The van der Waals surface area contributed by atoms with Crippen molar-refractivity contribution in [3.05, 3.63) is 64.1 Å². The second-order valence-corrected chi connectivity index (χ2v) is 8.01. The fourth-order valence-corrected chi connectivity index (χ4v) is 4.18. The van der Waals surface area contributed by atoms with Crippen molar-refractivity contribution in [2.75, 3.05) is 33.0 Å². The monoisotopic (exact) mass is 450 g/mol. The van der Waals surface area contributed by atoms with E-state index >= 15 is 0 Å². The van der Waals surface area contributed by atoms with Crippen molar-refractivity contribution in [2.45, 2.75) is 13.1 Å². The first kappa shape index (κ1) is 21.0. The van der Waals surface area contributed by atoms with Crippen LogP contribution in [0.4, 0.5) is 0 Å². The Balaban J connectivity index is 1.24. The fraction of sp³-hybridized carbons (Fsp3) is 0.304. The van der Waals surface area contributed by atoms with Gasteiger partial charge in [-0.15, -0.1) is 0 Å². The lowest BCUT2D eigenvalue weighted by Crippen LogP contribution is -2.49. The van der Waals surface area contributed by atoms with Gasteiger partial charge in [0.25, 0.3) is 5.56 Å². The lowest BCUT2D eigenvalue weighted by Gasteiger charge is -2.34. The number of fused-ring (bicyclic) bond motifs is 2. The van der Waals surface area contributed by atoms with Gasteiger partial charge in [-0.3, -0.25) is 14.5 Å². The minimum atomic E-state index is -1.25. The van der Waals surface area contributed by atoms with E-state index in [0.29, 0.717) is 26.2 Å². The smallest absolute Gasteiger partial charge is 0.357 e. The molecule has 0 aliphatic carbocycles. The molecule has 3 aromatic rings. The zero-order valence-electron chi connectivity index (χ0n) is 17.8. The Morgan fingerprint density at radius 1 is 0.970 bits per heavy atom. The summed E-state index contributed by atoms with van der Waals surface area (Å²) in [6.45, 7) is 3.05. The van der Waals surface area contributed by atoms with Crippen LogP contribution in [0.5, 0.6) is 11.5 Å². The summed E-state index contributed by atoms with van der Waals surface area (Å²) >= 11 is 0. The van der Waals surface area contributed by atoms with Gasteiger partial charge in [0.15, 0.2) is 17.2 Å². The molecular formula is C23H22N4O6. The number of hydrogen-bond acceptors (Lipinski definition) is 7. The molecule has 0 bridgehead atoms. The number of amides is 1. The van der Waals surface area contributed by atoms with Gasteiger partial charge in [-0.2, -0.15) is 5.10 Å². The molecule has 2 aliphatic rings. The molecule has 170 valence electrons. The van der Waals surface area contributed by atoms with Gasteiger partial charge in [-0.05, 0) is 23.8 Å². The SMILES string of the molecule is O=C(O)c1nn(CC(=O)N2CCN(Cc3ccc4c(c3)OCO4)CC2)c(=O)c2ccccc12. The molecule has 33 heavy (non-hydrogen) atoms. The second kappa shape index (κ2) is 8.55. The van der Waals surface area contributed by atoms with Crippen molar-refractivity contribution < 1.29 is 24.2 Å². The summed E-state index contributed by atoms with van der Waals surface area (Å²) in [5.74, 6) is -0.0170. The summed E-state index contributed by atoms with van der Waals surface area (Å²) in [5.41, 5.74) is 0.379. The first-order valence-electron chi connectivity index (χ1n) is 10.6. The van der Waals surface area contributed by atoms with Crippen LogP contribution in [0.25, 0.3) is 10.8 Å². The third-order valence-electron chi connectivity index (χ3n) is 5.92. The molecule has 0 radical (unpaired) electrons. The molecule has 0 atom stereocenters. The minimum Gasteiger partial charge on any atom is -0.476 e. The third-order valence-corrected chi connectivity index (χ3v) is 5.92. The van der Waals surface area contributed by atoms with E-state index in [1.807, 2.05) is 18.2 Å². The molecule has 1 fully saturated rings. The van der Waals surface area contributed by atoms with Crippen molar-refractivity contribution in [3.63, 3.8) is 0 Å². The van der Waals surface area contributed by atoms with Crippen molar-refractivity contribution in [1.82, 2.24) is 19.6 Å². The molecule has 1 aromatic heterocycles. The van der Waals surface area contributed by atoms with Gasteiger partial charge in [0.05, 0.1) is 5.39 Å². The molecule has 0 unspecified atom stereocenters. The predicted octanol–water partition coefficient (Wildman–Crippen LogP) is 1.17. The van der Waals surface area contributed by atoms with E-state index in [2.05, 4.69) is 10.00 Å². The molecule has 1 N–H and O–H groups in total. The molecule has 1 saturated heterocycles. The Morgan fingerprint density at radius 3 is 2.45 bits per heavy atom. The average molecular weight is 450 g/mol. The Hall–Kier alpha value is -3.92. The number of piperazine rings is 1. The van der Waals surface area contributed by atoms with Gasteiger partial charge < -0.3 is 19.5 Å². The summed E-state index contributed by atoms with van der Waals surface area (Å²) in [6, 6.07) is 12.3. The summed E-state index contributed by atoms with van der Waals surface area (Å²) in [4.78, 5) is 41.2. The number of carbonyl (C=O) groups excluding carboxylic acids is 1. The number of benzene rings is 2. The molecule has 1 amide bonds. The van der Waals surface area contributed by atoms with Crippen LogP contribution in [0.15, 0.2) is 47.3 Å². The zero-order chi connectivity index (χ0) is 22.9. The van der Waals surface area contributed by atoms with Gasteiger partial charge in [0.1, 0.15) is 6.54 Å². The Bertz CT molecular complexity index is 1300. The highest BCUT2D eigenvalue weighted by Gasteiger charge is 2.24. The summed E-state index contributed by atoms with van der Waals surface area (Å²) in [5, 5.41) is 13.9. The van der Waals surface area contributed by atoms with E-state index in [9.17, 15) is 19.5 Å². The zero-order valence-corrected chi connectivity index (χ0v) is 17.8. The number of carboxylic acids is 1. The van der Waals surface area contributed by atoms with E-state index < -0.39 is 11.5 Å². The van der Waals surface area contributed by atoms with Crippen LogP contribution in [0.3, 0.4) is 0 Å². The Morgan fingerprint density at radius 2 is 1.70 bits per heavy atom. The van der Waals surface area contributed by atoms with E-state index in [1.165, 1.54) is 0 Å². The Labute approximate surface area is 188 Å². The van der Waals surface area contributed by atoms with Crippen LogP contribution in [-0.4, -0.2) is 69.5 Å². The first-order chi connectivity index (χ1) is 16.0. The molecule has 2 aliphatic heterocycles. The van der Waals surface area contributed by atoms with Crippen LogP contribution in [0, 0.1) is 0 Å². The maximum absolute atomic E-state index is 12.9. The quantitative estimate of drug-likeness (QED) is 0.616. The van der Waals surface area contributed by atoms with E-state index in [4.69, 9.17) is 9.47 Å². The van der Waals surface area contributed by atoms with Crippen LogP contribution in [-0.2, 0) is 17.9 Å². The maximum atomic E-state index is 12.9. The molecule has 3 heterocycles. The number of rotatable bonds is 5. The second-order valence-electron chi connectivity index (χ2n) is 8.01. The van der Waals surface area contributed by atoms with E-state index in [-0.39, 0.29) is 35.7 Å². The number of nitrogens with zero attached hydrogens (tertiary/aromatic N) is 4. The molecule has 10 heteroatoms. The van der Waals surface area contributed by atoms with E-state index in [1.54, 1.807) is 29.2 Å². The van der Waals surface area contributed by atoms with Gasteiger partial charge in [-0.25, -0.2) is 9.48 Å². The van der Waals surface area contributed by atoms with Gasteiger partial charge >= 0.3 is 5.97 Å². The van der Waals surface area contributed by atoms with Gasteiger partial charge in [0.2, 0.25) is 12.7 Å². The van der Waals surface area contributed by atoms with Crippen molar-refractivity contribution >= 4 is 22.6 Å². The molecule has 0 saturated carbocycles.